The number of sulfonamides is 1. The van der Waals surface area contributed by atoms with E-state index in [9.17, 15) is 18.0 Å². The minimum absolute atomic E-state index is 0.00388. The summed E-state index contributed by atoms with van der Waals surface area (Å²) in [6.45, 7) is 7.67. The molecule has 9 nitrogen and oxygen atoms in total. The Balaban J connectivity index is 1.38. The van der Waals surface area contributed by atoms with Gasteiger partial charge in [0, 0.05) is 36.4 Å². The maximum Gasteiger partial charge on any atom is 0.255 e. The van der Waals surface area contributed by atoms with Gasteiger partial charge < -0.3 is 20.1 Å². The lowest BCUT2D eigenvalue weighted by Gasteiger charge is -2.26. The molecule has 0 radical (unpaired) electrons. The summed E-state index contributed by atoms with van der Waals surface area (Å²) in [7, 11) is -2.17. The van der Waals surface area contributed by atoms with Crippen LogP contribution in [0.2, 0.25) is 0 Å². The van der Waals surface area contributed by atoms with E-state index in [0.29, 0.717) is 54.6 Å². The monoisotopic (exact) mass is 579 g/mol. The molecule has 2 N–H and O–H groups in total. The lowest BCUT2D eigenvalue weighted by molar-refractivity contribution is -0.116. The molecule has 1 fully saturated rings. The molecular formula is C31H37N3O6S. The second-order valence-corrected chi connectivity index (χ2v) is 12.8. The fourth-order valence-corrected chi connectivity index (χ4v) is 5.98. The van der Waals surface area contributed by atoms with Crippen LogP contribution in [0.25, 0.3) is 0 Å². The average Bonchev–Trinajstić information content (AvgIpc) is 2.96. The molecule has 3 aromatic rings. The van der Waals surface area contributed by atoms with Crippen molar-refractivity contribution in [2.75, 3.05) is 44.0 Å². The van der Waals surface area contributed by atoms with Crippen molar-refractivity contribution in [2.24, 2.45) is 0 Å². The highest BCUT2D eigenvalue weighted by Crippen LogP contribution is 2.27. The number of benzene rings is 3. The number of hydrogen-bond acceptors (Lipinski definition) is 6. The van der Waals surface area contributed by atoms with E-state index >= 15 is 0 Å². The predicted octanol–water partition coefficient (Wildman–Crippen LogP) is 4.84. The van der Waals surface area contributed by atoms with Gasteiger partial charge in [0.1, 0.15) is 5.75 Å². The Kier molecular flexibility index (Phi) is 9.47. The fourth-order valence-electron chi connectivity index (χ4n) is 4.52. The van der Waals surface area contributed by atoms with Gasteiger partial charge in [-0.15, -0.1) is 0 Å². The molecule has 41 heavy (non-hydrogen) atoms. The van der Waals surface area contributed by atoms with E-state index in [0.717, 1.165) is 5.56 Å². The van der Waals surface area contributed by atoms with E-state index in [1.54, 1.807) is 48.5 Å². The predicted molar refractivity (Wildman–Crippen MR) is 159 cm³/mol. The topological polar surface area (TPSA) is 114 Å². The molecule has 0 aliphatic carbocycles. The van der Waals surface area contributed by atoms with E-state index in [-0.39, 0.29) is 35.0 Å². The standard InChI is InChI=1S/C31H37N3O6S/c1-31(2,3)24-11-8-22(9-12-24)30(36)33-26-7-5-6-25(21-26)32-29(35)15-10-23-20-27(13-14-28(23)39-4)41(37,38)34-16-18-40-19-17-34/h5-9,11-14,20-21H,10,15-19H2,1-4H3,(H,32,35)(H,33,36). The molecule has 0 unspecified atom stereocenters. The number of carbonyl (C=O) groups is 2. The summed E-state index contributed by atoms with van der Waals surface area (Å²) in [5, 5.41) is 5.73. The Labute approximate surface area is 241 Å². The summed E-state index contributed by atoms with van der Waals surface area (Å²) in [6, 6.07) is 19.1. The third kappa shape index (κ3) is 7.72. The number of morpholine rings is 1. The number of carbonyl (C=O) groups excluding carboxylic acids is 2. The first-order valence-corrected chi connectivity index (χ1v) is 15.0. The van der Waals surface area contributed by atoms with Crippen molar-refractivity contribution in [3.63, 3.8) is 0 Å². The number of methoxy groups -OCH3 is 1. The zero-order valence-corrected chi connectivity index (χ0v) is 24.7. The quantitative estimate of drug-likeness (QED) is 0.375. The molecule has 1 aliphatic rings. The SMILES string of the molecule is COc1ccc(S(=O)(=O)N2CCOCC2)cc1CCC(=O)Nc1cccc(NC(=O)c2ccc(C(C)(C)C)cc2)c1. The van der Waals surface area contributed by atoms with Crippen molar-refractivity contribution in [3.05, 3.63) is 83.4 Å². The molecule has 0 aromatic heterocycles. The number of aryl methyl sites for hydroxylation is 1. The number of rotatable bonds is 9. The second kappa shape index (κ2) is 12.8. The average molecular weight is 580 g/mol. The number of ether oxygens (including phenoxy) is 2. The van der Waals surface area contributed by atoms with E-state index < -0.39 is 10.0 Å². The largest absolute Gasteiger partial charge is 0.496 e. The molecule has 0 saturated carbocycles. The maximum atomic E-state index is 13.1. The van der Waals surface area contributed by atoms with Gasteiger partial charge in [0.25, 0.3) is 5.91 Å². The summed E-state index contributed by atoms with van der Waals surface area (Å²) in [4.78, 5) is 25.7. The van der Waals surface area contributed by atoms with E-state index in [4.69, 9.17) is 9.47 Å². The summed E-state index contributed by atoms with van der Waals surface area (Å²) < 4.78 is 38.3. The number of amides is 2. The van der Waals surface area contributed by atoms with Crippen molar-refractivity contribution in [3.8, 4) is 5.75 Å². The lowest BCUT2D eigenvalue weighted by Crippen LogP contribution is -2.40. The van der Waals surface area contributed by atoms with Crippen LogP contribution in [-0.2, 0) is 31.4 Å². The first-order chi connectivity index (χ1) is 19.5. The van der Waals surface area contributed by atoms with Gasteiger partial charge in [0.2, 0.25) is 15.9 Å². The van der Waals surface area contributed by atoms with Gasteiger partial charge in [0.05, 0.1) is 25.2 Å². The van der Waals surface area contributed by atoms with Gasteiger partial charge in [-0.1, -0.05) is 39.0 Å². The fraction of sp³-hybridized carbons (Fsp3) is 0.355. The Morgan fingerprint density at radius 3 is 2.22 bits per heavy atom. The molecule has 1 heterocycles. The molecule has 0 atom stereocenters. The molecular weight excluding hydrogens is 542 g/mol. The Hall–Kier alpha value is -3.73. The van der Waals surface area contributed by atoms with E-state index in [1.165, 1.54) is 17.5 Å². The highest BCUT2D eigenvalue weighted by molar-refractivity contribution is 7.89. The first kappa shape index (κ1) is 30.2. The summed E-state index contributed by atoms with van der Waals surface area (Å²) in [5.74, 6) is 0.0154. The Morgan fingerprint density at radius 2 is 1.59 bits per heavy atom. The molecule has 218 valence electrons. The molecule has 1 aliphatic heterocycles. The van der Waals surface area contributed by atoms with Crippen molar-refractivity contribution in [1.82, 2.24) is 4.31 Å². The van der Waals surface area contributed by atoms with Crippen LogP contribution in [0.4, 0.5) is 11.4 Å². The lowest BCUT2D eigenvalue weighted by atomic mass is 9.87. The van der Waals surface area contributed by atoms with Crippen LogP contribution in [0.3, 0.4) is 0 Å². The maximum absolute atomic E-state index is 13.1. The summed E-state index contributed by atoms with van der Waals surface area (Å²) in [6.07, 6.45) is 0.386. The molecule has 1 saturated heterocycles. The Morgan fingerprint density at radius 1 is 0.927 bits per heavy atom. The molecule has 0 spiro atoms. The van der Waals surface area contributed by atoms with Gasteiger partial charge in [-0.2, -0.15) is 4.31 Å². The number of hydrogen-bond donors (Lipinski definition) is 2. The first-order valence-electron chi connectivity index (χ1n) is 13.5. The molecule has 3 aromatic carbocycles. The van der Waals surface area contributed by atoms with Crippen molar-refractivity contribution in [2.45, 2.75) is 43.9 Å². The smallest absolute Gasteiger partial charge is 0.255 e. The van der Waals surface area contributed by atoms with Crippen molar-refractivity contribution < 1.29 is 27.5 Å². The van der Waals surface area contributed by atoms with Crippen LogP contribution in [0.15, 0.2) is 71.6 Å². The number of anilines is 2. The van der Waals surface area contributed by atoms with Crippen LogP contribution in [-0.4, -0.2) is 58.0 Å². The second-order valence-electron chi connectivity index (χ2n) is 10.9. The van der Waals surface area contributed by atoms with Gasteiger partial charge in [-0.05, 0) is 71.5 Å². The van der Waals surface area contributed by atoms with Crippen molar-refractivity contribution >= 4 is 33.2 Å². The van der Waals surface area contributed by atoms with Gasteiger partial charge in [-0.25, -0.2) is 8.42 Å². The third-order valence-corrected chi connectivity index (χ3v) is 8.79. The molecule has 0 bridgehead atoms. The zero-order valence-electron chi connectivity index (χ0n) is 23.9. The van der Waals surface area contributed by atoms with Gasteiger partial charge >= 0.3 is 0 Å². The van der Waals surface area contributed by atoms with E-state index in [2.05, 4.69) is 31.4 Å². The van der Waals surface area contributed by atoms with Crippen LogP contribution in [0.5, 0.6) is 5.75 Å². The zero-order chi connectivity index (χ0) is 29.6. The normalized spacial score (nSPS) is 14.3. The highest BCUT2D eigenvalue weighted by Gasteiger charge is 2.27. The number of nitrogens with one attached hydrogen (secondary N) is 2. The van der Waals surface area contributed by atoms with Crippen LogP contribution in [0.1, 0.15) is 48.7 Å². The van der Waals surface area contributed by atoms with E-state index in [1.807, 2.05) is 12.1 Å². The van der Waals surface area contributed by atoms with Crippen molar-refractivity contribution in [1.29, 1.82) is 0 Å². The molecule has 10 heteroatoms. The minimum atomic E-state index is -3.68. The highest BCUT2D eigenvalue weighted by atomic mass is 32.2. The molecule has 4 rings (SSSR count). The van der Waals surface area contributed by atoms with Gasteiger partial charge in [-0.3, -0.25) is 9.59 Å². The summed E-state index contributed by atoms with van der Waals surface area (Å²) >= 11 is 0. The van der Waals surface area contributed by atoms with Crippen LogP contribution < -0.4 is 15.4 Å². The van der Waals surface area contributed by atoms with Crippen LogP contribution >= 0.6 is 0 Å². The molecule has 2 amide bonds. The Bertz CT molecular complexity index is 1490. The minimum Gasteiger partial charge on any atom is -0.496 e. The van der Waals surface area contributed by atoms with Gasteiger partial charge in [0.15, 0.2) is 0 Å². The van der Waals surface area contributed by atoms with Crippen LogP contribution in [0, 0.1) is 0 Å². The third-order valence-electron chi connectivity index (χ3n) is 6.90. The number of nitrogens with zero attached hydrogens (tertiary/aromatic N) is 1. The summed E-state index contributed by atoms with van der Waals surface area (Å²) in [5.41, 5.74) is 3.38.